The van der Waals surface area contributed by atoms with Crippen molar-refractivity contribution in [3.05, 3.63) is 29.8 Å². The first-order valence-corrected chi connectivity index (χ1v) is 6.75. The van der Waals surface area contributed by atoms with Crippen molar-refractivity contribution in [1.29, 1.82) is 0 Å². The third-order valence-corrected chi connectivity index (χ3v) is 3.38. The van der Waals surface area contributed by atoms with Gasteiger partial charge in [-0.3, -0.25) is 4.90 Å². The normalized spacial score (nSPS) is 23.3. The third-order valence-electron chi connectivity index (χ3n) is 3.38. The summed E-state index contributed by atoms with van der Waals surface area (Å²) in [6, 6.07) is 8.22. The van der Waals surface area contributed by atoms with Crippen molar-refractivity contribution < 1.29 is 9.47 Å². The molecule has 1 fully saturated rings. The van der Waals surface area contributed by atoms with Crippen LogP contribution in [0, 0.1) is 0 Å². The highest BCUT2D eigenvalue weighted by Gasteiger charge is 2.32. The molecule has 0 radical (unpaired) electrons. The van der Waals surface area contributed by atoms with Crippen molar-refractivity contribution >= 4 is 0 Å². The molecule has 1 heterocycles. The zero-order chi connectivity index (χ0) is 13.9. The molecule has 0 amide bonds. The standard InChI is InChI=1S/C15H24N2O2/c1-15(2)11-17(10-14(8-16)19-15)9-12-4-6-13(18-3)7-5-12/h4-7,14H,8-11,16H2,1-3H3. The molecule has 106 valence electrons. The Hall–Kier alpha value is -1.10. The molecule has 1 aliphatic heterocycles. The lowest BCUT2D eigenvalue weighted by molar-refractivity contribution is -0.133. The zero-order valence-corrected chi connectivity index (χ0v) is 12.1. The Morgan fingerprint density at radius 3 is 2.63 bits per heavy atom. The van der Waals surface area contributed by atoms with Gasteiger partial charge in [0.25, 0.3) is 0 Å². The van der Waals surface area contributed by atoms with Gasteiger partial charge in [-0.05, 0) is 31.5 Å². The lowest BCUT2D eigenvalue weighted by atomic mass is 10.0. The van der Waals surface area contributed by atoms with E-state index in [0.29, 0.717) is 6.54 Å². The lowest BCUT2D eigenvalue weighted by Gasteiger charge is -2.42. The number of hydrogen-bond donors (Lipinski definition) is 1. The van der Waals surface area contributed by atoms with E-state index >= 15 is 0 Å². The molecule has 2 rings (SSSR count). The highest BCUT2D eigenvalue weighted by molar-refractivity contribution is 5.27. The molecule has 1 aromatic rings. The van der Waals surface area contributed by atoms with Gasteiger partial charge in [-0.15, -0.1) is 0 Å². The van der Waals surface area contributed by atoms with Gasteiger partial charge >= 0.3 is 0 Å². The molecular formula is C15H24N2O2. The number of benzene rings is 1. The van der Waals surface area contributed by atoms with Crippen LogP contribution in [0.2, 0.25) is 0 Å². The first-order chi connectivity index (χ1) is 9.02. The molecule has 1 aromatic carbocycles. The molecule has 4 nitrogen and oxygen atoms in total. The second-order valence-corrected chi connectivity index (χ2v) is 5.75. The van der Waals surface area contributed by atoms with Crippen molar-refractivity contribution in [2.45, 2.75) is 32.1 Å². The molecule has 1 atom stereocenters. The summed E-state index contributed by atoms with van der Waals surface area (Å²) >= 11 is 0. The minimum atomic E-state index is -0.130. The van der Waals surface area contributed by atoms with Crippen LogP contribution in [0.3, 0.4) is 0 Å². The van der Waals surface area contributed by atoms with E-state index in [1.165, 1.54) is 5.56 Å². The smallest absolute Gasteiger partial charge is 0.118 e. The molecule has 0 aliphatic carbocycles. The van der Waals surface area contributed by atoms with Gasteiger partial charge in [0.2, 0.25) is 0 Å². The Labute approximate surface area is 115 Å². The molecular weight excluding hydrogens is 240 g/mol. The molecule has 2 N–H and O–H groups in total. The van der Waals surface area contributed by atoms with E-state index in [1.807, 2.05) is 12.1 Å². The van der Waals surface area contributed by atoms with Gasteiger partial charge < -0.3 is 15.2 Å². The van der Waals surface area contributed by atoms with E-state index < -0.39 is 0 Å². The predicted molar refractivity (Wildman–Crippen MR) is 76.3 cm³/mol. The maximum atomic E-state index is 5.94. The van der Waals surface area contributed by atoms with Crippen LogP contribution in [0.25, 0.3) is 0 Å². The first-order valence-electron chi connectivity index (χ1n) is 6.75. The summed E-state index contributed by atoms with van der Waals surface area (Å²) in [4.78, 5) is 2.41. The van der Waals surface area contributed by atoms with Crippen LogP contribution in [0.4, 0.5) is 0 Å². The quantitative estimate of drug-likeness (QED) is 0.898. The van der Waals surface area contributed by atoms with Gasteiger partial charge in [0.05, 0.1) is 18.8 Å². The fraction of sp³-hybridized carbons (Fsp3) is 0.600. The van der Waals surface area contributed by atoms with Crippen LogP contribution >= 0.6 is 0 Å². The number of nitrogens with two attached hydrogens (primary N) is 1. The number of ether oxygens (including phenoxy) is 2. The second kappa shape index (κ2) is 5.90. The Kier molecular flexibility index (Phi) is 4.45. The van der Waals surface area contributed by atoms with Crippen molar-refractivity contribution in [3.8, 4) is 5.75 Å². The molecule has 0 bridgehead atoms. The van der Waals surface area contributed by atoms with Crippen molar-refractivity contribution in [2.24, 2.45) is 5.73 Å². The predicted octanol–water partition coefficient (Wildman–Crippen LogP) is 1.63. The average molecular weight is 264 g/mol. The number of morpholine rings is 1. The Balaban J connectivity index is 2.00. The number of rotatable bonds is 4. The second-order valence-electron chi connectivity index (χ2n) is 5.75. The number of hydrogen-bond acceptors (Lipinski definition) is 4. The van der Waals surface area contributed by atoms with Crippen molar-refractivity contribution in [2.75, 3.05) is 26.7 Å². The van der Waals surface area contributed by atoms with Crippen LogP contribution in [-0.4, -0.2) is 43.3 Å². The van der Waals surface area contributed by atoms with Crippen molar-refractivity contribution in [3.63, 3.8) is 0 Å². The summed E-state index contributed by atoms with van der Waals surface area (Å²) in [5.41, 5.74) is 6.91. The minimum Gasteiger partial charge on any atom is -0.497 e. The highest BCUT2D eigenvalue weighted by atomic mass is 16.5. The van der Waals surface area contributed by atoms with Crippen molar-refractivity contribution in [1.82, 2.24) is 4.90 Å². The summed E-state index contributed by atoms with van der Waals surface area (Å²) in [5.74, 6) is 0.894. The maximum Gasteiger partial charge on any atom is 0.118 e. The maximum absolute atomic E-state index is 5.94. The Bertz CT molecular complexity index is 403. The average Bonchev–Trinajstić information content (AvgIpc) is 2.37. The van der Waals surface area contributed by atoms with E-state index in [9.17, 15) is 0 Å². The van der Waals surface area contributed by atoms with Gasteiger partial charge in [0.1, 0.15) is 5.75 Å². The van der Waals surface area contributed by atoms with Crippen LogP contribution < -0.4 is 10.5 Å². The lowest BCUT2D eigenvalue weighted by Crippen LogP contribution is -2.54. The number of methoxy groups -OCH3 is 1. The Morgan fingerprint density at radius 2 is 2.05 bits per heavy atom. The third kappa shape index (κ3) is 3.93. The van der Waals surface area contributed by atoms with Crippen LogP contribution in [0.15, 0.2) is 24.3 Å². The molecule has 4 heteroatoms. The van der Waals surface area contributed by atoms with E-state index in [4.69, 9.17) is 15.2 Å². The fourth-order valence-electron chi connectivity index (χ4n) is 2.65. The van der Waals surface area contributed by atoms with Crippen LogP contribution in [0.5, 0.6) is 5.75 Å². The topological polar surface area (TPSA) is 47.7 Å². The van der Waals surface area contributed by atoms with E-state index in [-0.39, 0.29) is 11.7 Å². The van der Waals surface area contributed by atoms with Gasteiger partial charge in [-0.25, -0.2) is 0 Å². The summed E-state index contributed by atoms with van der Waals surface area (Å²) in [6.07, 6.45) is 0.127. The summed E-state index contributed by atoms with van der Waals surface area (Å²) in [5, 5.41) is 0. The summed E-state index contributed by atoms with van der Waals surface area (Å²) in [6.45, 7) is 7.56. The van der Waals surface area contributed by atoms with Gasteiger partial charge in [0, 0.05) is 26.2 Å². The largest absolute Gasteiger partial charge is 0.497 e. The number of nitrogens with zero attached hydrogens (tertiary/aromatic N) is 1. The summed E-state index contributed by atoms with van der Waals surface area (Å²) < 4.78 is 11.1. The highest BCUT2D eigenvalue weighted by Crippen LogP contribution is 2.22. The molecule has 1 aliphatic rings. The van der Waals surface area contributed by atoms with Gasteiger partial charge in [0.15, 0.2) is 0 Å². The SMILES string of the molecule is COc1ccc(CN2CC(CN)OC(C)(C)C2)cc1. The first kappa shape index (κ1) is 14.3. The fourth-order valence-corrected chi connectivity index (χ4v) is 2.65. The molecule has 19 heavy (non-hydrogen) atoms. The molecule has 1 saturated heterocycles. The zero-order valence-electron chi connectivity index (χ0n) is 12.1. The van der Waals surface area contributed by atoms with Crippen LogP contribution in [0.1, 0.15) is 19.4 Å². The van der Waals surface area contributed by atoms with E-state index in [0.717, 1.165) is 25.4 Å². The summed E-state index contributed by atoms with van der Waals surface area (Å²) in [7, 11) is 1.69. The van der Waals surface area contributed by atoms with E-state index in [2.05, 4.69) is 30.9 Å². The Morgan fingerprint density at radius 1 is 1.37 bits per heavy atom. The minimum absolute atomic E-state index is 0.127. The molecule has 0 aromatic heterocycles. The van der Waals surface area contributed by atoms with Gasteiger partial charge in [-0.1, -0.05) is 12.1 Å². The molecule has 1 unspecified atom stereocenters. The monoisotopic (exact) mass is 264 g/mol. The molecule has 0 saturated carbocycles. The van der Waals surface area contributed by atoms with Gasteiger partial charge in [-0.2, -0.15) is 0 Å². The van der Waals surface area contributed by atoms with E-state index in [1.54, 1.807) is 7.11 Å². The van der Waals surface area contributed by atoms with Crippen LogP contribution in [-0.2, 0) is 11.3 Å². The molecule has 0 spiro atoms.